The van der Waals surface area contributed by atoms with Gasteiger partial charge in [-0.15, -0.1) is 5.10 Å². The second-order valence-corrected chi connectivity index (χ2v) is 4.95. The van der Waals surface area contributed by atoms with E-state index >= 15 is 0 Å². The zero-order chi connectivity index (χ0) is 13.9. The van der Waals surface area contributed by atoms with E-state index in [1.807, 2.05) is 20.8 Å². The number of amides is 1. The van der Waals surface area contributed by atoms with Gasteiger partial charge in [-0.25, -0.2) is 0 Å². The number of aromatic nitrogens is 2. The highest BCUT2D eigenvalue weighted by molar-refractivity contribution is 5.81. The van der Waals surface area contributed by atoms with Crippen molar-refractivity contribution in [2.24, 2.45) is 7.05 Å². The average Bonchev–Trinajstić information content (AvgIpc) is 2.54. The van der Waals surface area contributed by atoms with Gasteiger partial charge in [-0.2, -0.15) is 0 Å². The van der Waals surface area contributed by atoms with Crippen LogP contribution >= 0.6 is 0 Å². The van der Waals surface area contributed by atoms with Gasteiger partial charge >= 0.3 is 5.69 Å². The average molecular weight is 255 g/mol. The molecule has 0 aliphatic carbocycles. The van der Waals surface area contributed by atoms with E-state index in [-0.39, 0.29) is 29.5 Å². The standard InChI is InChI=1S/C10H17N5O3/c1-10(2,3)12-8(16)5-11-9-7(15(17)18)6-14(4)13-9/h6H,5H2,1-4H3,(H,11,13)(H,12,16). The molecule has 0 atom stereocenters. The fourth-order valence-electron chi connectivity index (χ4n) is 1.36. The summed E-state index contributed by atoms with van der Waals surface area (Å²) in [5, 5.41) is 20.0. The number of carbonyl (C=O) groups is 1. The summed E-state index contributed by atoms with van der Waals surface area (Å²) in [5.41, 5.74) is -0.490. The van der Waals surface area contributed by atoms with Crippen molar-refractivity contribution >= 4 is 17.4 Å². The Balaban J connectivity index is 2.64. The van der Waals surface area contributed by atoms with E-state index in [1.54, 1.807) is 7.05 Å². The SMILES string of the molecule is Cn1cc([N+](=O)[O-])c(NCC(=O)NC(C)(C)C)n1. The van der Waals surface area contributed by atoms with Crippen LogP contribution in [0.1, 0.15) is 20.8 Å². The van der Waals surface area contributed by atoms with Crippen molar-refractivity contribution in [3.8, 4) is 0 Å². The van der Waals surface area contributed by atoms with E-state index in [4.69, 9.17) is 0 Å². The molecule has 18 heavy (non-hydrogen) atoms. The zero-order valence-corrected chi connectivity index (χ0v) is 10.9. The summed E-state index contributed by atoms with van der Waals surface area (Å²) in [7, 11) is 1.58. The third-order valence-corrected chi connectivity index (χ3v) is 1.94. The van der Waals surface area contributed by atoms with Gasteiger partial charge in [0.15, 0.2) is 0 Å². The minimum atomic E-state index is -0.545. The number of carbonyl (C=O) groups excluding carboxylic acids is 1. The predicted octanol–water partition coefficient (Wildman–Crippen LogP) is 0.655. The lowest BCUT2D eigenvalue weighted by atomic mass is 10.1. The molecule has 0 saturated carbocycles. The van der Waals surface area contributed by atoms with Crippen molar-refractivity contribution in [2.45, 2.75) is 26.3 Å². The van der Waals surface area contributed by atoms with Crippen LogP contribution in [-0.2, 0) is 11.8 Å². The first-order valence-electron chi connectivity index (χ1n) is 5.42. The van der Waals surface area contributed by atoms with E-state index < -0.39 is 4.92 Å². The first kappa shape index (κ1) is 13.9. The highest BCUT2D eigenvalue weighted by Gasteiger charge is 2.20. The largest absolute Gasteiger partial charge is 0.354 e. The molecule has 0 unspecified atom stereocenters. The molecule has 2 N–H and O–H groups in total. The number of hydrogen-bond donors (Lipinski definition) is 2. The topological polar surface area (TPSA) is 102 Å². The van der Waals surface area contributed by atoms with E-state index in [9.17, 15) is 14.9 Å². The van der Waals surface area contributed by atoms with Crippen LogP contribution in [0, 0.1) is 10.1 Å². The number of hydrogen-bond acceptors (Lipinski definition) is 5. The van der Waals surface area contributed by atoms with Crippen LogP contribution in [0.5, 0.6) is 0 Å². The summed E-state index contributed by atoms with van der Waals surface area (Å²) in [6, 6.07) is 0. The minimum Gasteiger partial charge on any atom is -0.354 e. The molecule has 0 bridgehead atoms. The van der Waals surface area contributed by atoms with Gasteiger partial charge in [0, 0.05) is 12.6 Å². The second-order valence-electron chi connectivity index (χ2n) is 4.95. The molecule has 0 spiro atoms. The Morgan fingerprint density at radius 1 is 1.56 bits per heavy atom. The maximum absolute atomic E-state index is 11.5. The van der Waals surface area contributed by atoms with Crippen LogP contribution in [-0.4, -0.2) is 32.7 Å². The van der Waals surface area contributed by atoms with Crippen molar-refractivity contribution in [1.82, 2.24) is 15.1 Å². The number of nitrogens with one attached hydrogen (secondary N) is 2. The minimum absolute atomic E-state index is 0.0604. The number of nitro groups is 1. The van der Waals surface area contributed by atoms with Crippen molar-refractivity contribution in [2.75, 3.05) is 11.9 Å². The molecule has 0 radical (unpaired) electrons. The summed E-state index contributed by atoms with van der Waals surface area (Å²) in [6.45, 7) is 5.51. The molecule has 8 nitrogen and oxygen atoms in total. The summed E-state index contributed by atoms with van der Waals surface area (Å²) in [5.74, 6) is -0.158. The van der Waals surface area contributed by atoms with Gasteiger partial charge in [0.1, 0.15) is 6.20 Å². The lowest BCUT2D eigenvalue weighted by Crippen LogP contribution is -2.43. The maximum atomic E-state index is 11.5. The zero-order valence-electron chi connectivity index (χ0n) is 10.9. The normalized spacial score (nSPS) is 11.1. The van der Waals surface area contributed by atoms with Crippen LogP contribution in [0.3, 0.4) is 0 Å². The van der Waals surface area contributed by atoms with Crippen LogP contribution in [0.4, 0.5) is 11.5 Å². The lowest BCUT2D eigenvalue weighted by molar-refractivity contribution is -0.384. The number of rotatable bonds is 4. The summed E-state index contributed by atoms with van der Waals surface area (Å²) < 4.78 is 1.32. The van der Waals surface area contributed by atoms with Crippen LogP contribution < -0.4 is 10.6 Å². The lowest BCUT2D eigenvalue weighted by Gasteiger charge is -2.20. The molecule has 0 saturated heterocycles. The fourth-order valence-corrected chi connectivity index (χ4v) is 1.36. The third-order valence-electron chi connectivity index (χ3n) is 1.94. The van der Waals surface area contributed by atoms with Gasteiger partial charge in [-0.3, -0.25) is 19.6 Å². The second kappa shape index (κ2) is 5.03. The highest BCUT2D eigenvalue weighted by atomic mass is 16.6. The molecule has 1 heterocycles. The molecular formula is C10H17N5O3. The predicted molar refractivity (Wildman–Crippen MR) is 66.2 cm³/mol. The highest BCUT2D eigenvalue weighted by Crippen LogP contribution is 2.20. The van der Waals surface area contributed by atoms with E-state index in [1.165, 1.54) is 10.9 Å². The summed E-state index contributed by atoms with van der Waals surface area (Å²) in [6.07, 6.45) is 1.28. The van der Waals surface area contributed by atoms with Crippen molar-refractivity contribution < 1.29 is 9.72 Å². The molecule has 0 fully saturated rings. The molecule has 1 amide bonds. The van der Waals surface area contributed by atoms with Crippen molar-refractivity contribution in [3.05, 3.63) is 16.3 Å². The smallest absolute Gasteiger partial charge is 0.330 e. The van der Waals surface area contributed by atoms with E-state index in [0.29, 0.717) is 0 Å². The molecule has 100 valence electrons. The third kappa shape index (κ3) is 4.04. The Morgan fingerprint density at radius 2 is 2.17 bits per heavy atom. The van der Waals surface area contributed by atoms with E-state index in [2.05, 4.69) is 15.7 Å². The molecule has 1 aromatic rings. The van der Waals surface area contributed by atoms with Gasteiger partial charge < -0.3 is 10.6 Å². The van der Waals surface area contributed by atoms with Crippen LogP contribution in [0.15, 0.2) is 6.20 Å². The monoisotopic (exact) mass is 255 g/mol. The summed E-state index contributed by atoms with van der Waals surface area (Å²) in [4.78, 5) is 21.7. The Kier molecular flexibility index (Phi) is 3.89. The van der Waals surface area contributed by atoms with Gasteiger partial charge in [0.05, 0.1) is 11.5 Å². The molecule has 0 aromatic carbocycles. The first-order valence-corrected chi connectivity index (χ1v) is 5.42. The van der Waals surface area contributed by atoms with Crippen LogP contribution in [0.25, 0.3) is 0 Å². The Labute approximate surface area is 105 Å². The Bertz CT molecular complexity index is 461. The molecule has 0 aliphatic heterocycles. The molecule has 1 rings (SSSR count). The van der Waals surface area contributed by atoms with Gasteiger partial charge in [0.25, 0.3) is 0 Å². The van der Waals surface area contributed by atoms with Crippen molar-refractivity contribution in [1.29, 1.82) is 0 Å². The maximum Gasteiger partial charge on any atom is 0.330 e. The van der Waals surface area contributed by atoms with Gasteiger partial charge in [0.2, 0.25) is 11.7 Å². The molecule has 0 aliphatic rings. The first-order chi connectivity index (χ1) is 8.19. The van der Waals surface area contributed by atoms with E-state index in [0.717, 1.165) is 0 Å². The fraction of sp³-hybridized carbons (Fsp3) is 0.600. The molecule has 1 aromatic heterocycles. The molecule has 8 heteroatoms. The Hall–Kier alpha value is -2.12. The van der Waals surface area contributed by atoms with Crippen LogP contribution in [0.2, 0.25) is 0 Å². The number of aryl methyl sites for hydroxylation is 1. The van der Waals surface area contributed by atoms with Gasteiger partial charge in [-0.05, 0) is 20.8 Å². The van der Waals surface area contributed by atoms with Crippen molar-refractivity contribution in [3.63, 3.8) is 0 Å². The number of anilines is 1. The molecular weight excluding hydrogens is 238 g/mol. The number of nitrogens with zero attached hydrogens (tertiary/aromatic N) is 3. The quantitative estimate of drug-likeness (QED) is 0.607. The van der Waals surface area contributed by atoms with Gasteiger partial charge in [-0.1, -0.05) is 0 Å². The Morgan fingerprint density at radius 3 is 2.67 bits per heavy atom. The summed E-state index contributed by atoms with van der Waals surface area (Å²) >= 11 is 0.